The number of piperazine rings is 1. The summed E-state index contributed by atoms with van der Waals surface area (Å²) in [7, 11) is 0. The summed E-state index contributed by atoms with van der Waals surface area (Å²) >= 11 is 0. The molecule has 8 nitrogen and oxygen atoms in total. The second-order valence-corrected chi connectivity index (χ2v) is 7.75. The van der Waals surface area contributed by atoms with Gasteiger partial charge in [-0.05, 0) is 17.7 Å². The number of benzene rings is 2. The lowest BCUT2D eigenvalue weighted by Gasteiger charge is -2.35. The molecule has 0 saturated carbocycles. The van der Waals surface area contributed by atoms with Crippen LogP contribution in [-0.2, 0) is 4.79 Å². The van der Waals surface area contributed by atoms with E-state index in [2.05, 4.69) is 37.5 Å². The number of nitrogens with two attached hydrogens (primary N) is 1. The Labute approximate surface area is 188 Å². The first-order chi connectivity index (χ1) is 15.7. The maximum absolute atomic E-state index is 13.2. The fourth-order valence-electron chi connectivity index (χ4n) is 3.99. The van der Waals surface area contributed by atoms with E-state index in [9.17, 15) is 4.79 Å². The van der Waals surface area contributed by atoms with Crippen LogP contribution in [0.15, 0.2) is 67.0 Å². The molecule has 1 aliphatic rings. The Hall–Kier alpha value is -3.65. The number of hydrogen-bond donors (Lipinski definition) is 3. The topological polar surface area (TPSA) is 99.4 Å². The molecule has 1 aliphatic heterocycles. The number of nitrogens with zero attached hydrogens (tertiary/aromatic N) is 4. The van der Waals surface area contributed by atoms with Gasteiger partial charge in [-0.25, -0.2) is 9.97 Å². The molecule has 0 spiro atoms. The second-order valence-electron chi connectivity index (χ2n) is 7.75. The van der Waals surface area contributed by atoms with Crippen molar-refractivity contribution in [1.82, 2.24) is 20.3 Å². The molecule has 0 aliphatic carbocycles. The number of amides is 1. The fraction of sp³-hybridized carbons (Fsp3) is 0.292. The minimum Gasteiger partial charge on any atom is -0.393 e. The third-order valence-electron chi connectivity index (χ3n) is 5.81. The minimum atomic E-state index is -0.463. The van der Waals surface area contributed by atoms with Gasteiger partial charge in [0.2, 0.25) is 5.91 Å². The first-order valence-corrected chi connectivity index (χ1v) is 10.9. The summed E-state index contributed by atoms with van der Waals surface area (Å²) in [5, 5.41) is 0. The van der Waals surface area contributed by atoms with Crippen LogP contribution in [0.2, 0.25) is 0 Å². The molecule has 8 heteroatoms. The lowest BCUT2D eigenvalue weighted by Crippen LogP contribution is -2.46. The smallest absolute Gasteiger partial charge is 0.250 e. The Balaban J connectivity index is 1.49. The highest BCUT2D eigenvalue weighted by atomic mass is 16.2. The van der Waals surface area contributed by atoms with Crippen LogP contribution < -0.4 is 21.5 Å². The third kappa shape index (κ3) is 4.81. The van der Waals surface area contributed by atoms with Gasteiger partial charge in [-0.2, -0.15) is 0 Å². The maximum Gasteiger partial charge on any atom is 0.250 e. The van der Waals surface area contributed by atoms with Crippen LogP contribution in [0.3, 0.4) is 0 Å². The van der Waals surface area contributed by atoms with Crippen LogP contribution in [0.4, 0.5) is 17.3 Å². The van der Waals surface area contributed by atoms with Crippen molar-refractivity contribution in [3.05, 3.63) is 78.1 Å². The predicted octanol–water partition coefficient (Wildman–Crippen LogP) is 2.48. The Morgan fingerprint density at radius 3 is 2.12 bits per heavy atom. The van der Waals surface area contributed by atoms with Crippen molar-refractivity contribution in [3.8, 4) is 0 Å². The van der Waals surface area contributed by atoms with Crippen molar-refractivity contribution >= 4 is 23.2 Å². The van der Waals surface area contributed by atoms with E-state index in [1.807, 2.05) is 60.7 Å². The van der Waals surface area contributed by atoms with Crippen molar-refractivity contribution in [2.24, 2.45) is 0 Å². The Morgan fingerprint density at radius 2 is 1.56 bits per heavy atom. The number of anilines is 3. The van der Waals surface area contributed by atoms with E-state index in [0.29, 0.717) is 17.3 Å². The Morgan fingerprint density at radius 1 is 0.969 bits per heavy atom. The van der Waals surface area contributed by atoms with E-state index in [-0.39, 0.29) is 5.91 Å². The monoisotopic (exact) mass is 431 g/mol. The van der Waals surface area contributed by atoms with E-state index in [1.165, 1.54) is 6.33 Å². The molecule has 1 amide bonds. The zero-order valence-corrected chi connectivity index (χ0v) is 18.2. The number of aromatic nitrogens is 2. The highest BCUT2D eigenvalue weighted by Crippen LogP contribution is 2.28. The number of rotatable bonds is 7. The average Bonchev–Trinajstić information content (AvgIpc) is 2.85. The first-order valence-electron chi connectivity index (χ1n) is 10.9. The molecular formula is C24H29N7O. The summed E-state index contributed by atoms with van der Waals surface area (Å²) in [4.78, 5) is 26.4. The van der Waals surface area contributed by atoms with Gasteiger partial charge in [0.05, 0.1) is 5.92 Å². The van der Waals surface area contributed by atoms with Crippen LogP contribution in [-0.4, -0.2) is 53.5 Å². The lowest BCUT2D eigenvalue weighted by molar-refractivity contribution is -0.121. The number of carbonyl (C=O) groups excluding carboxylic acids is 1. The third-order valence-corrected chi connectivity index (χ3v) is 5.81. The summed E-state index contributed by atoms with van der Waals surface area (Å²) in [6.07, 6.45) is 1.47. The van der Waals surface area contributed by atoms with Gasteiger partial charge in [0.1, 0.15) is 12.0 Å². The van der Waals surface area contributed by atoms with E-state index in [1.54, 1.807) is 0 Å². The standard InChI is InChI=1S/C24H29N7O/c1-2-30-13-15-31(16-14-30)23-21(25)22(26-17-27-23)28-29-24(32)20(18-9-5-3-6-10-18)19-11-7-4-8-12-19/h3-12,17,20H,2,13-16,25H2,1H3,(H,29,32)(H,26,27,28). The van der Waals surface area contributed by atoms with E-state index in [4.69, 9.17) is 5.73 Å². The van der Waals surface area contributed by atoms with E-state index in [0.717, 1.165) is 43.9 Å². The van der Waals surface area contributed by atoms with Crippen LogP contribution >= 0.6 is 0 Å². The Kier molecular flexibility index (Phi) is 6.81. The highest BCUT2D eigenvalue weighted by Gasteiger charge is 2.24. The van der Waals surface area contributed by atoms with Gasteiger partial charge in [-0.15, -0.1) is 0 Å². The molecule has 32 heavy (non-hydrogen) atoms. The highest BCUT2D eigenvalue weighted by molar-refractivity contribution is 5.88. The molecule has 0 bridgehead atoms. The van der Waals surface area contributed by atoms with Crippen molar-refractivity contribution in [3.63, 3.8) is 0 Å². The van der Waals surface area contributed by atoms with Gasteiger partial charge in [0.15, 0.2) is 11.6 Å². The summed E-state index contributed by atoms with van der Waals surface area (Å²) in [6.45, 7) is 6.84. The molecule has 3 aromatic rings. The van der Waals surface area contributed by atoms with E-state index >= 15 is 0 Å². The van der Waals surface area contributed by atoms with Gasteiger partial charge >= 0.3 is 0 Å². The quantitative estimate of drug-likeness (QED) is 0.494. The summed E-state index contributed by atoms with van der Waals surface area (Å²) in [6, 6.07) is 19.4. The molecule has 1 fully saturated rings. The zero-order valence-electron chi connectivity index (χ0n) is 18.2. The number of hydrazine groups is 1. The SMILES string of the molecule is CCN1CCN(c2ncnc(NNC(=O)C(c3ccccc3)c3ccccc3)c2N)CC1. The predicted molar refractivity (Wildman–Crippen MR) is 127 cm³/mol. The van der Waals surface area contributed by atoms with Crippen LogP contribution in [0.5, 0.6) is 0 Å². The van der Waals surface area contributed by atoms with Crippen molar-refractivity contribution in [2.45, 2.75) is 12.8 Å². The van der Waals surface area contributed by atoms with Crippen molar-refractivity contribution in [2.75, 3.05) is 48.8 Å². The Bertz CT molecular complexity index is 982. The maximum atomic E-state index is 13.2. The molecule has 2 aromatic carbocycles. The molecule has 1 saturated heterocycles. The molecular weight excluding hydrogens is 402 g/mol. The van der Waals surface area contributed by atoms with E-state index < -0.39 is 5.92 Å². The summed E-state index contributed by atoms with van der Waals surface area (Å²) in [5.41, 5.74) is 14.3. The summed E-state index contributed by atoms with van der Waals surface area (Å²) in [5.74, 6) is 0.421. The molecule has 0 radical (unpaired) electrons. The molecule has 4 N–H and O–H groups in total. The molecule has 2 heterocycles. The fourth-order valence-corrected chi connectivity index (χ4v) is 3.99. The number of nitrogens with one attached hydrogen (secondary N) is 2. The number of likely N-dealkylation sites (N-methyl/N-ethyl adjacent to an activating group) is 1. The summed E-state index contributed by atoms with van der Waals surface area (Å²) < 4.78 is 0. The molecule has 0 atom stereocenters. The largest absolute Gasteiger partial charge is 0.393 e. The minimum absolute atomic E-state index is 0.196. The van der Waals surface area contributed by atoms with Crippen LogP contribution in [0.1, 0.15) is 24.0 Å². The van der Waals surface area contributed by atoms with Gasteiger partial charge in [-0.1, -0.05) is 67.6 Å². The van der Waals surface area contributed by atoms with Gasteiger partial charge < -0.3 is 15.5 Å². The number of hydrogen-bond acceptors (Lipinski definition) is 7. The van der Waals surface area contributed by atoms with Crippen molar-refractivity contribution < 1.29 is 4.79 Å². The lowest BCUT2D eigenvalue weighted by atomic mass is 9.91. The normalized spacial score (nSPS) is 14.4. The molecule has 1 aromatic heterocycles. The number of carbonyl (C=O) groups is 1. The average molecular weight is 432 g/mol. The molecule has 166 valence electrons. The van der Waals surface area contributed by atoms with Gasteiger partial charge in [0, 0.05) is 26.2 Å². The molecule has 0 unspecified atom stereocenters. The molecule has 4 rings (SSSR count). The van der Waals surface area contributed by atoms with Crippen LogP contribution in [0, 0.1) is 0 Å². The zero-order chi connectivity index (χ0) is 22.3. The van der Waals surface area contributed by atoms with Crippen molar-refractivity contribution in [1.29, 1.82) is 0 Å². The van der Waals surface area contributed by atoms with Gasteiger partial charge in [0.25, 0.3) is 0 Å². The van der Waals surface area contributed by atoms with Gasteiger partial charge in [-0.3, -0.25) is 15.6 Å². The second kappa shape index (κ2) is 10.1. The van der Waals surface area contributed by atoms with Crippen LogP contribution in [0.25, 0.3) is 0 Å². The first kappa shape index (κ1) is 21.6. The number of nitrogen functional groups attached to an aromatic ring is 1.